The first kappa shape index (κ1) is 16.0. The zero-order chi connectivity index (χ0) is 15.5. The number of ether oxygens (including phenoxy) is 1. The monoisotopic (exact) mass is 355 g/mol. The Morgan fingerprint density at radius 1 is 1.43 bits per heavy atom. The lowest BCUT2D eigenvalue weighted by Gasteiger charge is -2.37. The largest absolute Gasteiger partial charge is 0.481 e. The van der Waals surface area contributed by atoms with Crippen LogP contribution in [-0.4, -0.2) is 24.1 Å². The van der Waals surface area contributed by atoms with E-state index in [1.807, 2.05) is 12.1 Å². The molecule has 1 fully saturated rings. The molecule has 0 aliphatic heterocycles. The molecule has 0 unspecified atom stereocenters. The lowest BCUT2D eigenvalue weighted by atomic mass is 9.66. The predicted octanol–water partition coefficient (Wildman–Crippen LogP) is 3.18. The van der Waals surface area contributed by atoms with Crippen molar-refractivity contribution >= 4 is 33.5 Å². The Hall–Kier alpha value is -1.40. The van der Waals surface area contributed by atoms with Gasteiger partial charge in [-0.3, -0.25) is 9.59 Å². The van der Waals surface area contributed by atoms with Crippen LogP contribution in [0, 0.1) is 5.41 Å². The number of carbonyl (C=O) groups excluding carboxylic acids is 1. The highest BCUT2D eigenvalue weighted by Gasteiger charge is 2.45. The van der Waals surface area contributed by atoms with E-state index in [1.54, 1.807) is 13.2 Å². The van der Waals surface area contributed by atoms with Gasteiger partial charge >= 0.3 is 5.97 Å². The molecule has 114 valence electrons. The average molecular weight is 356 g/mol. The predicted molar refractivity (Wildman–Crippen MR) is 82.0 cm³/mol. The van der Waals surface area contributed by atoms with Crippen molar-refractivity contribution in [2.75, 3.05) is 12.4 Å². The van der Waals surface area contributed by atoms with Crippen molar-refractivity contribution in [2.45, 2.75) is 32.3 Å². The van der Waals surface area contributed by atoms with Crippen LogP contribution in [0.1, 0.15) is 31.2 Å². The fraction of sp³-hybridized carbons (Fsp3) is 0.467. The second kappa shape index (κ2) is 6.58. The summed E-state index contributed by atoms with van der Waals surface area (Å²) in [7, 11) is 1.58. The van der Waals surface area contributed by atoms with E-state index < -0.39 is 11.4 Å². The summed E-state index contributed by atoms with van der Waals surface area (Å²) in [4.78, 5) is 23.5. The minimum absolute atomic E-state index is 0.0151. The second-order valence-electron chi connectivity index (χ2n) is 5.36. The maximum atomic E-state index is 12.2. The van der Waals surface area contributed by atoms with Gasteiger partial charge in [-0.2, -0.15) is 0 Å². The molecular formula is C15H18BrNO4. The van der Waals surface area contributed by atoms with E-state index in [1.165, 1.54) is 0 Å². The number of anilines is 1. The maximum absolute atomic E-state index is 12.2. The number of methoxy groups -OCH3 is 1. The summed E-state index contributed by atoms with van der Waals surface area (Å²) in [6.07, 6.45) is 2.02. The lowest BCUT2D eigenvalue weighted by molar-refractivity contribution is -0.157. The minimum atomic E-state index is -0.879. The normalized spacial score (nSPS) is 16.1. The van der Waals surface area contributed by atoms with Crippen molar-refractivity contribution in [1.82, 2.24) is 0 Å². The van der Waals surface area contributed by atoms with Gasteiger partial charge in [0, 0.05) is 29.3 Å². The number of hydrogen-bond donors (Lipinski definition) is 2. The van der Waals surface area contributed by atoms with Crippen LogP contribution >= 0.6 is 15.9 Å². The summed E-state index contributed by atoms with van der Waals surface area (Å²) in [6.45, 7) is 0.362. The molecule has 1 aliphatic rings. The van der Waals surface area contributed by atoms with Crippen LogP contribution in [-0.2, 0) is 20.9 Å². The molecule has 1 aromatic carbocycles. The van der Waals surface area contributed by atoms with Gasteiger partial charge in [-0.25, -0.2) is 0 Å². The average Bonchev–Trinajstić information content (AvgIpc) is 2.37. The van der Waals surface area contributed by atoms with Gasteiger partial charge < -0.3 is 15.2 Å². The van der Waals surface area contributed by atoms with Gasteiger partial charge in [0.15, 0.2) is 0 Å². The van der Waals surface area contributed by atoms with Gasteiger partial charge in [0.1, 0.15) is 0 Å². The Morgan fingerprint density at radius 3 is 2.67 bits per heavy atom. The third kappa shape index (κ3) is 3.44. The van der Waals surface area contributed by atoms with Gasteiger partial charge in [0.05, 0.1) is 12.0 Å². The molecule has 1 saturated carbocycles. The summed E-state index contributed by atoms with van der Waals surface area (Å²) < 4.78 is 5.97. The highest BCUT2D eigenvalue weighted by Crippen LogP contribution is 2.44. The molecule has 0 radical (unpaired) electrons. The van der Waals surface area contributed by atoms with E-state index in [0.29, 0.717) is 25.1 Å². The fourth-order valence-corrected chi connectivity index (χ4v) is 3.02. The van der Waals surface area contributed by atoms with Gasteiger partial charge in [0.2, 0.25) is 5.91 Å². The van der Waals surface area contributed by atoms with E-state index in [2.05, 4.69) is 21.2 Å². The Bertz CT molecular complexity index is 555. The molecule has 1 aromatic rings. The molecule has 1 amide bonds. The number of amides is 1. The summed E-state index contributed by atoms with van der Waals surface area (Å²) >= 11 is 3.42. The van der Waals surface area contributed by atoms with Crippen molar-refractivity contribution in [2.24, 2.45) is 5.41 Å². The topological polar surface area (TPSA) is 75.6 Å². The van der Waals surface area contributed by atoms with Crippen LogP contribution in [0.4, 0.5) is 5.69 Å². The zero-order valence-electron chi connectivity index (χ0n) is 11.8. The lowest BCUT2D eigenvalue weighted by Crippen LogP contribution is -2.41. The van der Waals surface area contributed by atoms with E-state index in [-0.39, 0.29) is 12.3 Å². The number of hydrogen-bond acceptors (Lipinski definition) is 3. The molecule has 0 bridgehead atoms. The number of benzene rings is 1. The van der Waals surface area contributed by atoms with Gasteiger partial charge in [-0.05, 0) is 25.0 Å². The van der Waals surface area contributed by atoms with Crippen molar-refractivity contribution in [3.63, 3.8) is 0 Å². The molecule has 0 atom stereocenters. The molecular weight excluding hydrogens is 338 g/mol. The molecule has 0 heterocycles. The Balaban J connectivity index is 2.09. The molecule has 0 aromatic heterocycles. The number of rotatable bonds is 6. The first-order valence-corrected chi connectivity index (χ1v) is 7.57. The van der Waals surface area contributed by atoms with Gasteiger partial charge in [-0.1, -0.05) is 28.4 Å². The molecule has 2 N–H and O–H groups in total. The number of carboxylic acid groups (broad SMARTS) is 1. The number of halogens is 1. The number of nitrogens with one attached hydrogen (secondary N) is 1. The van der Waals surface area contributed by atoms with Gasteiger partial charge in [0.25, 0.3) is 0 Å². The van der Waals surface area contributed by atoms with Crippen LogP contribution in [0.3, 0.4) is 0 Å². The Kier molecular flexibility index (Phi) is 5.00. The first-order chi connectivity index (χ1) is 9.98. The Morgan fingerprint density at radius 2 is 2.14 bits per heavy atom. The summed E-state index contributed by atoms with van der Waals surface area (Å²) in [5.41, 5.74) is 0.611. The molecule has 21 heavy (non-hydrogen) atoms. The number of carboxylic acids is 1. The Labute approximate surface area is 131 Å². The van der Waals surface area contributed by atoms with Crippen LogP contribution in [0.5, 0.6) is 0 Å². The van der Waals surface area contributed by atoms with Crippen molar-refractivity contribution < 1.29 is 19.4 Å². The SMILES string of the molecule is COCc1c(Br)cccc1NC(=O)CC1(C(=O)O)CCC1. The van der Waals surface area contributed by atoms with Crippen LogP contribution in [0.15, 0.2) is 22.7 Å². The highest BCUT2D eigenvalue weighted by molar-refractivity contribution is 9.10. The van der Waals surface area contributed by atoms with Crippen LogP contribution < -0.4 is 5.32 Å². The zero-order valence-corrected chi connectivity index (χ0v) is 13.4. The fourth-order valence-electron chi connectivity index (χ4n) is 2.54. The summed E-state index contributed by atoms with van der Waals surface area (Å²) in [5, 5.41) is 12.1. The standard InChI is InChI=1S/C15H18BrNO4/c1-21-9-10-11(16)4-2-5-12(10)17-13(18)8-15(14(19)20)6-3-7-15/h2,4-5H,3,6-9H2,1H3,(H,17,18)(H,19,20). The molecule has 5 nitrogen and oxygen atoms in total. The molecule has 0 saturated heterocycles. The summed E-state index contributed by atoms with van der Waals surface area (Å²) in [6, 6.07) is 5.47. The van der Waals surface area contributed by atoms with Crippen LogP contribution in [0.25, 0.3) is 0 Å². The minimum Gasteiger partial charge on any atom is -0.481 e. The smallest absolute Gasteiger partial charge is 0.310 e. The van der Waals surface area contributed by atoms with Crippen LogP contribution in [0.2, 0.25) is 0 Å². The van der Waals surface area contributed by atoms with Gasteiger partial charge in [-0.15, -0.1) is 0 Å². The van der Waals surface area contributed by atoms with E-state index in [9.17, 15) is 14.7 Å². The molecule has 0 spiro atoms. The quantitative estimate of drug-likeness (QED) is 0.821. The van der Waals surface area contributed by atoms with E-state index in [4.69, 9.17) is 4.74 Å². The van der Waals surface area contributed by atoms with E-state index >= 15 is 0 Å². The van der Waals surface area contributed by atoms with Crippen molar-refractivity contribution in [3.05, 3.63) is 28.2 Å². The van der Waals surface area contributed by atoms with E-state index in [0.717, 1.165) is 16.5 Å². The highest BCUT2D eigenvalue weighted by atomic mass is 79.9. The number of carbonyl (C=O) groups is 2. The molecule has 2 rings (SSSR count). The maximum Gasteiger partial charge on any atom is 0.310 e. The summed E-state index contributed by atoms with van der Waals surface area (Å²) in [5.74, 6) is -1.15. The first-order valence-electron chi connectivity index (χ1n) is 6.78. The third-order valence-electron chi connectivity index (χ3n) is 3.94. The third-order valence-corrected chi connectivity index (χ3v) is 4.69. The van der Waals surface area contributed by atoms with Crippen molar-refractivity contribution in [1.29, 1.82) is 0 Å². The van der Waals surface area contributed by atoms with Crippen molar-refractivity contribution in [3.8, 4) is 0 Å². The second-order valence-corrected chi connectivity index (χ2v) is 6.22. The molecule has 1 aliphatic carbocycles. The number of aliphatic carboxylic acids is 1. The molecule has 6 heteroatoms.